The summed E-state index contributed by atoms with van der Waals surface area (Å²) < 4.78 is 12.6. The second-order valence-corrected chi connectivity index (χ2v) is 6.73. The van der Waals surface area contributed by atoms with Gasteiger partial charge in [0.2, 0.25) is 5.91 Å². The maximum atomic E-state index is 12.4. The van der Waals surface area contributed by atoms with E-state index in [1.165, 1.54) is 11.8 Å². The average molecular weight is 383 g/mol. The summed E-state index contributed by atoms with van der Waals surface area (Å²) in [6.07, 6.45) is 3.57. The maximum absolute atomic E-state index is 12.4. The van der Waals surface area contributed by atoms with Crippen LogP contribution in [-0.2, 0) is 4.79 Å². The number of carbonyl (C=O) groups is 1. The molecule has 1 heterocycles. The van der Waals surface area contributed by atoms with Crippen LogP contribution in [-0.4, -0.2) is 35.4 Å². The molecular weight excluding hydrogens is 362 g/mol. The number of anilines is 1. The molecule has 0 spiro atoms. The van der Waals surface area contributed by atoms with Gasteiger partial charge in [0.1, 0.15) is 11.5 Å². The first kappa shape index (κ1) is 18.8. The lowest BCUT2D eigenvalue weighted by Gasteiger charge is -2.13. The zero-order valence-corrected chi connectivity index (χ0v) is 16.2. The summed E-state index contributed by atoms with van der Waals surface area (Å²) in [7, 11) is 3.21. The smallest absolute Gasteiger partial charge is 0.234 e. The molecule has 2 aromatic carbocycles. The summed E-state index contributed by atoms with van der Waals surface area (Å²) in [5.74, 6) is 1.47. The summed E-state index contributed by atoms with van der Waals surface area (Å²) in [5, 5.41) is 3.59. The number of nitrogens with zero attached hydrogens (tertiary/aromatic N) is 2. The zero-order valence-electron chi connectivity index (χ0n) is 15.4. The molecule has 1 N–H and O–H groups in total. The molecule has 0 aliphatic heterocycles. The predicted octanol–water partition coefficient (Wildman–Crippen LogP) is 3.93. The van der Waals surface area contributed by atoms with Crippen molar-refractivity contribution in [2.24, 2.45) is 0 Å². The lowest BCUT2D eigenvalue weighted by molar-refractivity contribution is -0.113. The highest BCUT2D eigenvalue weighted by atomic mass is 32.2. The zero-order chi connectivity index (χ0) is 19.2. The van der Waals surface area contributed by atoms with Gasteiger partial charge in [0.25, 0.3) is 0 Å². The Balaban J connectivity index is 1.72. The highest BCUT2D eigenvalue weighted by molar-refractivity contribution is 7.99. The summed E-state index contributed by atoms with van der Waals surface area (Å²) in [4.78, 5) is 16.7. The minimum absolute atomic E-state index is 0.129. The van der Waals surface area contributed by atoms with Gasteiger partial charge in [-0.25, -0.2) is 4.98 Å². The molecule has 0 unspecified atom stereocenters. The first-order valence-corrected chi connectivity index (χ1v) is 9.35. The average Bonchev–Trinajstić information content (AvgIpc) is 3.15. The Morgan fingerprint density at radius 3 is 2.70 bits per heavy atom. The van der Waals surface area contributed by atoms with Crippen molar-refractivity contribution in [1.29, 1.82) is 0 Å². The second kappa shape index (κ2) is 8.64. The minimum atomic E-state index is -0.129. The Kier molecular flexibility index (Phi) is 6.03. The fraction of sp³-hybridized carbons (Fsp3) is 0.200. The van der Waals surface area contributed by atoms with Crippen LogP contribution in [0.5, 0.6) is 11.5 Å². The van der Waals surface area contributed by atoms with Crippen LogP contribution < -0.4 is 14.8 Å². The summed E-state index contributed by atoms with van der Waals surface area (Å²) >= 11 is 1.36. The van der Waals surface area contributed by atoms with E-state index in [4.69, 9.17) is 9.47 Å². The van der Waals surface area contributed by atoms with Crippen LogP contribution in [0, 0.1) is 6.92 Å². The topological polar surface area (TPSA) is 65.4 Å². The van der Waals surface area contributed by atoms with Crippen LogP contribution >= 0.6 is 11.8 Å². The number of carbonyl (C=O) groups excluding carboxylic acids is 1. The molecule has 0 aliphatic rings. The van der Waals surface area contributed by atoms with Gasteiger partial charge in [-0.05, 0) is 36.8 Å². The molecule has 140 valence electrons. The van der Waals surface area contributed by atoms with Crippen LogP contribution in [0.3, 0.4) is 0 Å². The SMILES string of the molecule is COc1ccccc1NC(=O)CSc1nccn1-c1cc(C)ccc1OC. The Morgan fingerprint density at radius 1 is 1.15 bits per heavy atom. The lowest BCUT2D eigenvalue weighted by Crippen LogP contribution is -2.15. The van der Waals surface area contributed by atoms with Gasteiger partial charge < -0.3 is 14.8 Å². The fourth-order valence-electron chi connectivity index (χ4n) is 2.63. The van der Waals surface area contributed by atoms with E-state index in [0.29, 0.717) is 16.6 Å². The Morgan fingerprint density at radius 2 is 1.93 bits per heavy atom. The van der Waals surface area contributed by atoms with Crippen LogP contribution in [0.1, 0.15) is 5.56 Å². The number of amides is 1. The van der Waals surface area contributed by atoms with Crippen molar-refractivity contribution in [3.8, 4) is 17.2 Å². The van der Waals surface area contributed by atoms with E-state index >= 15 is 0 Å². The quantitative estimate of drug-likeness (QED) is 0.626. The number of para-hydroxylation sites is 2. The molecule has 0 fully saturated rings. The number of hydrogen-bond donors (Lipinski definition) is 1. The first-order chi connectivity index (χ1) is 13.1. The van der Waals surface area contributed by atoms with Gasteiger partial charge in [0.15, 0.2) is 5.16 Å². The molecule has 0 aliphatic carbocycles. The van der Waals surface area contributed by atoms with E-state index in [1.54, 1.807) is 32.5 Å². The first-order valence-electron chi connectivity index (χ1n) is 8.36. The molecule has 0 bridgehead atoms. The number of rotatable bonds is 7. The fourth-order valence-corrected chi connectivity index (χ4v) is 3.40. The molecule has 0 saturated carbocycles. The van der Waals surface area contributed by atoms with Crippen LogP contribution in [0.2, 0.25) is 0 Å². The molecular formula is C20H21N3O3S. The number of methoxy groups -OCH3 is 2. The summed E-state index contributed by atoms with van der Waals surface area (Å²) in [6.45, 7) is 2.02. The molecule has 3 aromatic rings. The molecule has 6 nitrogen and oxygen atoms in total. The molecule has 0 radical (unpaired) electrons. The number of benzene rings is 2. The number of aryl methyl sites for hydroxylation is 1. The van der Waals surface area contributed by atoms with E-state index < -0.39 is 0 Å². The molecule has 1 amide bonds. The van der Waals surface area contributed by atoms with Gasteiger partial charge in [-0.15, -0.1) is 0 Å². The Bertz CT molecular complexity index is 940. The third-order valence-corrected chi connectivity index (χ3v) is 4.88. The summed E-state index contributed by atoms with van der Waals surface area (Å²) in [5.41, 5.74) is 2.65. The predicted molar refractivity (Wildman–Crippen MR) is 107 cm³/mol. The standard InChI is InChI=1S/C20H21N3O3S/c1-14-8-9-18(26-3)16(12-14)23-11-10-21-20(23)27-13-19(24)22-15-6-4-5-7-17(15)25-2/h4-12H,13H2,1-3H3,(H,22,24). The number of imidazole rings is 1. The third-order valence-electron chi connectivity index (χ3n) is 3.91. The molecule has 3 rings (SSSR count). The number of thioether (sulfide) groups is 1. The van der Waals surface area contributed by atoms with Crippen molar-refractivity contribution in [2.45, 2.75) is 12.1 Å². The van der Waals surface area contributed by atoms with Gasteiger partial charge in [0.05, 0.1) is 31.3 Å². The van der Waals surface area contributed by atoms with Gasteiger partial charge in [-0.2, -0.15) is 0 Å². The van der Waals surface area contributed by atoms with Crippen molar-refractivity contribution in [2.75, 3.05) is 25.3 Å². The highest BCUT2D eigenvalue weighted by Gasteiger charge is 2.13. The normalized spacial score (nSPS) is 10.5. The molecule has 1 aromatic heterocycles. The van der Waals surface area contributed by atoms with Crippen LogP contribution in [0.25, 0.3) is 5.69 Å². The van der Waals surface area contributed by atoms with E-state index in [0.717, 1.165) is 17.0 Å². The van der Waals surface area contributed by atoms with Crippen molar-refractivity contribution < 1.29 is 14.3 Å². The molecule has 0 saturated heterocycles. The van der Waals surface area contributed by atoms with Crippen molar-refractivity contribution >= 4 is 23.4 Å². The lowest BCUT2D eigenvalue weighted by atomic mass is 10.2. The van der Waals surface area contributed by atoms with Gasteiger partial charge in [0, 0.05) is 12.4 Å². The highest BCUT2D eigenvalue weighted by Crippen LogP contribution is 2.29. The number of nitrogens with one attached hydrogen (secondary N) is 1. The maximum Gasteiger partial charge on any atom is 0.234 e. The second-order valence-electron chi connectivity index (χ2n) is 5.79. The Labute approximate surface area is 162 Å². The van der Waals surface area contributed by atoms with E-state index in [1.807, 2.05) is 48.0 Å². The minimum Gasteiger partial charge on any atom is -0.495 e. The molecule has 7 heteroatoms. The molecule has 0 atom stereocenters. The van der Waals surface area contributed by atoms with Crippen LogP contribution in [0.4, 0.5) is 5.69 Å². The number of hydrogen-bond acceptors (Lipinski definition) is 5. The van der Waals surface area contributed by atoms with Gasteiger partial charge in [-0.1, -0.05) is 30.0 Å². The third kappa shape index (κ3) is 4.43. The van der Waals surface area contributed by atoms with Crippen molar-refractivity contribution in [3.05, 3.63) is 60.4 Å². The van der Waals surface area contributed by atoms with Crippen molar-refractivity contribution in [3.63, 3.8) is 0 Å². The number of ether oxygens (including phenoxy) is 2. The summed E-state index contributed by atoms with van der Waals surface area (Å²) in [6, 6.07) is 13.3. The van der Waals surface area contributed by atoms with Gasteiger partial charge >= 0.3 is 0 Å². The van der Waals surface area contributed by atoms with E-state index in [-0.39, 0.29) is 11.7 Å². The monoisotopic (exact) mass is 383 g/mol. The van der Waals surface area contributed by atoms with Gasteiger partial charge in [-0.3, -0.25) is 9.36 Å². The number of aromatic nitrogens is 2. The van der Waals surface area contributed by atoms with E-state index in [2.05, 4.69) is 10.3 Å². The molecule has 27 heavy (non-hydrogen) atoms. The van der Waals surface area contributed by atoms with Crippen molar-refractivity contribution in [1.82, 2.24) is 9.55 Å². The van der Waals surface area contributed by atoms with E-state index in [9.17, 15) is 4.79 Å². The largest absolute Gasteiger partial charge is 0.495 e. The Hall–Kier alpha value is -2.93. The van der Waals surface area contributed by atoms with Crippen LogP contribution in [0.15, 0.2) is 60.0 Å².